The summed E-state index contributed by atoms with van der Waals surface area (Å²) in [7, 11) is 1.91. The zero-order valence-electron chi connectivity index (χ0n) is 11.3. The molecule has 1 atom stereocenters. The Balaban J connectivity index is 2.01. The van der Waals surface area contributed by atoms with Crippen LogP contribution in [0.4, 0.5) is 5.69 Å². The van der Waals surface area contributed by atoms with Crippen molar-refractivity contribution in [2.75, 3.05) is 12.4 Å². The number of nitrogens with one attached hydrogen (secondary N) is 2. The maximum absolute atomic E-state index is 12.0. The molecule has 2 rings (SSSR count). The third-order valence-corrected chi connectivity index (χ3v) is 3.11. The molecule has 100 valence electrons. The second-order valence-electron chi connectivity index (χ2n) is 4.49. The van der Waals surface area contributed by atoms with Gasteiger partial charge in [0, 0.05) is 23.6 Å². The van der Waals surface area contributed by atoms with E-state index in [1.165, 1.54) is 0 Å². The first-order chi connectivity index (χ1) is 9.20. The van der Waals surface area contributed by atoms with Crippen molar-refractivity contribution < 1.29 is 4.79 Å². The molecule has 1 amide bonds. The zero-order valence-corrected chi connectivity index (χ0v) is 11.3. The molecule has 0 radical (unpaired) electrons. The van der Waals surface area contributed by atoms with E-state index < -0.39 is 0 Å². The van der Waals surface area contributed by atoms with Crippen molar-refractivity contribution in [3.05, 3.63) is 54.4 Å². The molecule has 0 aliphatic carbocycles. The van der Waals surface area contributed by atoms with Crippen molar-refractivity contribution in [1.29, 1.82) is 0 Å². The average Bonchev–Trinajstić information content (AvgIpc) is 2.87. The van der Waals surface area contributed by atoms with Crippen LogP contribution in [0.25, 0.3) is 0 Å². The second-order valence-corrected chi connectivity index (χ2v) is 4.49. The third-order valence-electron chi connectivity index (χ3n) is 3.11. The van der Waals surface area contributed by atoms with Gasteiger partial charge in [0.15, 0.2) is 0 Å². The van der Waals surface area contributed by atoms with Gasteiger partial charge in [-0.1, -0.05) is 18.2 Å². The quantitative estimate of drug-likeness (QED) is 0.864. The lowest BCUT2D eigenvalue weighted by molar-refractivity contribution is -0.116. The van der Waals surface area contributed by atoms with Gasteiger partial charge in [0.1, 0.15) is 6.54 Å². The largest absolute Gasteiger partial charge is 0.341 e. The number of hydrogen-bond acceptors (Lipinski definition) is 2. The van der Waals surface area contributed by atoms with E-state index in [9.17, 15) is 4.79 Å². The Morgan fingerprint density at radius 1 is 1.21 bits per heavy atom. The van der Waals surface area contributed by atoms with Gasteiger partial charge in [-0.3, -0.25) is 4.79 Å². The van der Waals surface area contributed by atoms with Crippen LogP contribution in [0.1, 0.15) is 18.7 Å². The number of benzene rings is 1. The van der Waals surface area contributed by atoms with Gasteiger partial charge in [-0.05, 0) is 38.2 Å². The van der Waals surface area contributed by atoms with Crippen LogP contribution in [0.3, 0.4) is 0 Å². The molecule has 1 aromatic carbocycles. The lowest BCUT2D eigenvalue weighted by atomic mass is 10.2. The van der Waals surface area contributed by atoms with Gasteiger partial charge in [0.2, 0.25) is 5.91 Å². The monoisotopic (exact) mass is 257 g/mol. The minimum absolute atomic E-state index is 0.0213. The van der Waals surface area contributed by atoms with Gasteiger partial charge < -0.3 is 15.2 Å². The smallest absolute Gasteiger partial charge is 0.244 e. The van der Waals surface area contributed by atoms with E-state index in [2.05, 4.69) is 17.6 Å². The zero-order chi connectivity index (χ0) is 13.7. The molecule has 19 heavy (non-hydrogen) atoms. The first kappa shape index (κ1) is 13.4. The van der Waals surface area contributed by atoms with Crippen molar-refractivity contribution in [1.82, 2.24) is 9.88 Å². The summed E-state index contributed by atoms with van der Waals surface area (Å²) in [6.07, 6.45) is 1.92. The molecule has 0 aliphatic rings. The first-order valence-electron chi connectivity index (χ1n) is 6.38. The minimum atomic E-state index is -0.0213. The molecule has 2 aromatic rings. The highest BCUT2D eigenvalue weighted by atomic mass is 16.1. The average molecular weight is 257 g/mol. The number of para-hydroxylation sites is 1. The molecule has 4 nitrogen and oxygen atoms in total. The molecule has 1 aromatic heterocycles. The van der Waals surface area contributed by atoms with E-state index in [0.717, 1.165) is 11.4 Å². The Bertz CT molecular complexity index is 533. The number of carbonyl (C=O) groups is 1. The summed E-state index contributed by atoms with van der Waals surface area (Å²) >= 11 is 0. The topological polar surface area (TPSA) is 46.1 Å². The first-order valence-corrected chi connectivity index (χ1v) is 6.38. The molecule has 1 heterocycles. The Labute approximate surface area is 113 Å². The summed E-state index contributed by atoms with van der Waals surface area (Å²) in [5.74, 6) is -0.0213. The standard InChI is InChI=1S/C15H19N3O/c1-12(16-2)14-9-6-10-18(14)11-15(19)17-13-7-4-3-5-8-13/h3-10,12,16H,11H2,1-2H3,(H,17,19). The predicted molar refractivity (Wildman–Crippen MR) is 77.0 cm³/mol. The van der Waals surface area contributed by atoms with E-state index >= 15 is 0 Å². The molecule has 0 aliphatic heterocycles. The molecule has 0 saturated carbocycles. The van der Waals surface area contributed by atoms with Gasteiger partial charge in [-0.25, -0.2) is 0 Å². The Morgan fingerprint density at radius 3 is 2.63 bits per heavy atom. The van der Waals surface area contributed by atoms with E-state index in [1.54, 1.807) is 0 Å². The maximum Gasteiger partial charge on any atom is 0.244 e. The molecular weight excluding hydrogens is 238 g/mol. The number of anilines is 1. The normalized spacial score (nSPS) is 12.1. The number of hydrogen-bond donors (Lipinski definition) is 2. The summed E-state index contributed by atoms with van der Waals surface area (Å²) in [4.78, 5) is 12.0. The third kappa shape index (κ3) is 3.45. The van der Waals surface area contributed by atoms with Crippen LogP contribution in [0.2, 0.25) is 0 Å². The summed E-state index contributed by atoms with van der Waals surface area (Å²) in [6, 6.07) is 13.7. The molecule has 2 N–H and O–H groups in total. The summed E-state index contributed by atoms with van der Waals surface area (Å²) in [5.41, 5.74) is 1.92. The van der Waals surface area contributed by atoms with E-state index in [4.69, 9.17) is 0 Å². The highest BCUT2D eigenvalue weighted by Crippen LogP contribution is 2.13. The molecule has 4 heteroatoms. The van der Waals surface area contributed by atoms with Gasteiger partial charge in [0.25, 0.3) is 0 Å². The Hall–Kier alpha value is -2.07. The lowest BCUT2D eigenvalue weighted by Crippen LogP contribution is -2.22. The lowest BCUT2D eigenvalue weighted by Gasteiger charge is -2.14. The van der Waals surface area contributed by atoms with E-state index in [1.807, 2.05) is 60.3 Å². The van der Waals surface area contributed by atoms with Crippen LogP contribution in [-0.4, -0.2) is 17.5 Å². The van der Waals surface area contributed by atoms with Gasteiger partial charge >= 0.3 is 0 Å². The second kappa shape index (κ2) is 6.20. The number of carbonyl (C=O) groups excluding carboxylic acids is 1. The van der Waals surface area contributed by atoms with Crippen molar-refractivity contribution in [3.63, 3.8) is 0 Å². The van der Waals surface area contributed by atoms with Crippen LogP contribution in [0, 0.1) is 0 Å². The molecule has 0 fully saturated rings. The van der Waals surface area contributed by atoms with Crippen LogP contribution in [0.15, 0.2) is 48.7 Å². The number of amides is 1. The van der Waals surface area contributed by atoms with Crippen molar-refractivity contribution in [2.45, 2.75) is 19.5 Å². The Morgan fingerprint density at radius 2 is 1.95 bits per heavy atom. The summed E-state index contributed by atoms with van der Waals surface area (Å²) < 4.78 is 1.96. The maximum atomic E-state index is 12.0. The highest BCUT2D eigenvalue weighted by Gasteiger charge is 2.10. The molecule has 0 saturated heterocycles. The molecule has 1 unspecified atom stereocenters. The number of nitrogens with zero attached hydrogens (tertiary/aromatic N) is 1. The SMILES string of the molecule is CNC(C)c1cccn1CC(=O)Nc1ccccc1. The molecule has 0 spiro atoms. The Kier molecular flexibility index (Phi) is 4.36. The minimum Gasteiger partial charge on any atom is -0.341 e. The van der Waals surface area contributed by atoms with Gasteiger partial charge in [0.05, 0.1) is 0 Å². The van der Waals surface area contributed by atoms with Crippen molar-refractivity contribution in [3.8, 4) is 0 Å². The van der Waals surface area contributed by atoms with Gasteiger partial charge in [-0.15, -0.1) is 0 Å². The van der Waals surface area contributed by atoms with Crippen molar-refractivity contribution in [2.24, 2.45) is 0 Å². The fourth-order valence-corrected chi connectivity index (χ4v) is 1.99. The van der Waals surface area contributed by atoms with Crippen LogP contribution < -0.4 is 10.6 Å². The molecular formula is C15H19N3O. The van der Waals surface area contributed by atoms with Gasteiger partial charge in [-0.2, -0.15) is 0 Å². The van der Waals surface area contributed by atoms with Crippen molar-refractivity contribution >= 4 is 11.6 Å². The highest BCUT2D eigenvalue weighted by molar-refractivity contribution is 5.90. The predicted octanol–water partition coefficient (Wildman–Crippen LogP) is 2.41. The van der Waals surface area contributed by atoms with Crippen LogP contribution >= 0.6 is 0 Å². The fourth-order valence-electron chi connectivity index (χ4n) is 1.99. The van der Waals surface area contributed by atoms with Crippen LogP contribution in [-0.2, 0) is 11.3 Å². The summed E-state index contributed by atoms with van der Waals surface area (Å²) in [6.45, 7) is 2.39. The van der Waals surface area contributed by atoms with Crippen LogP contribution in [0.5, 0.6) is 0 Å². The van der Waals surface area contributed by atoms with E-state index in [-0.39, 0.29) is 11.9 Å². The fraction of sp³-hybridized carbons (Fsp3) is 0.267. The van der Waals surface area contributed by atoms with E-state index in [0.29, 0.717) is 6.54 Å². The number of rotatable bonds is 5. The number of aromatic nitrogens is 1. The molecule has 0 bridgehead atoms. The summed E-state index contributed by atoms with van der Waals surface area (Å²) in [5, 5.41) is 6.06.